The van der Waals surface area contributed by atoms with E-state index in [-0.39, 0.29) is 0 Å². The first-order chi connectivity index (χ1) is 30.7. The Balaban J connectivity index is 0.919. The number of para-hydroxylation sites is 2. The zero-order chi connectivity index (χ0) is 41.0. The van der Waals surface area contributed by atoms with E-state index in [1.165, 1.54) is 87.5 Å². The number of nitrogens with zero attached hydrogens (tertiary/aromatic N) is 2. The molecule has 0 aliphatic rings. The van der Waals surface area contributed by atoms with E-state index < -0.39 is 0 Å². The molecule has 0 saturated carbocycles. The first-order valence-electron chi connectivity index (χ1n) is 21.3. The van der Waals surface area contributed by atoms with Crippen molar-refractivity contribution in [1.29, 1.82) is 0 Å². The van der Waals surface area contributed by atoms with Crippen molar-refractivity contribution < 1.29 is 0 Å². The summed E-state index contributed by atoms with van der Waals surface area (Å²) in [5, 5.41) is 10.1. The van der Waals surface area contributed by atoms with Crippen LogP contribution in [0.4, 0.5) is 17.1 Å². The fourth-order valence-electron chi connectivity index (χ4n) is 9.47. The van der Waals surface area contributed by atoms with Gasteiger partial charge in [-0.05, 0) is 145 Å². The van der Waals surface area contributed by atoms with E-state index in [0.29, 0.717) is 0 Å². The van der Waals surface area contributed by atoms with E-state index in [9.17, 15) is 0 Å². The van der Waals surface area contributed by atoms with Crippen LogP contribution in [0.15, 0.2) is 243 Å². The van der Waals surface area contributed by atoms with Gasteiger partial charge in [0, 0.05) is 33.5 Å². The molecule has 0 aliphatic carbocycles. The Labute approximate surface area is 360 Å². The van der Waals surface area contributed by atoms with Crippen LogP contribution in [0.3, 0.4) is 0 Å². The highest BCUT2D eigenvalue weighted by molar-refractivity contribution is 6.09. The molecule has 11 aromatic carbocycles. The summed E-state index contributed by atoms with van der Waals surface area (Å²) in [6.45, 7) is 0. The van der Waals surface area contributed by atoms with E-state index in [4.69, 9.17) is 0 Å². The molecular weight excluding hydrogens is 749 g/mol. The Bertz CT molecular complexity index is 3560. The molecule has 12 rings (SSSR count). The molecule has 0 fully saturated rings. The van der Waals surface area contributed by atoms with E-state index >= 15 is 0 Å². The summed E-state index contributed by atoms with van der Waals surface area (Å²) in [6, 6.07) is 88.5. The summed E-state index contributed by atoms with van der Waals surface area (Å²) < 4.78 is 2.38. The van der Waals surface area contributed by atoms with Crippen molar-refractivity contribution in [3.63, 3.8) is 0 Å². The summed E-state index contributed by atoms with van der Waals surface area (Å²) in [6.07, 6.45) is 0. The van der Waals surface area contributed by atoms with Gasteiger partial charge in [0.1, 0.15) is 0 Å². The first-order valence-corrected chi connectivity index (χ1v) is 21.3. The molecule has 0 unspecified atom stereocenters. The Morgan fingerprint density at radius 1 is 0.258 bits per heavy atom. The Morgan fingerprint density at radius 3 is 1.34 bits per heavy atom. The van der Waals surface area contributed by atoms with Gasteiger partial charge in [0.15, 0.2) is 0 Å². The minimum atomic E-state index is 1.09. The molecule has 2 nitrogen and oxygen atoms in total. The van der Waals surface area contributed by atoms with Crippen LogP contribution >= 0.6 is 0 Å². The second-order valence-corrected chi connectivity index (χ2v) is 16.2. The summed E-state index contributed by atoms with van der Waals surface area (Å²) in [5.74, 6) is 0. The van der Waals surface area contributed by atoms with Crippen LogP contribution in [-0.2, 0) is 0 Å². The lowest BCUT2D eigenvalue weighted by molar-refractivity contribution is 1.18. The van der Waals surface area contributed by atoms with Crippen LogP contribution in [0.25, 0.3) is 93.2 Å². The van der Waals surface area contributed by atoms with Crippen molar-refractivity contribution >= 4 is 71.2 Å². The third-order valence-electron chi connectivity index (χ3n) is 12.5. The summed E-state index contributed by atoms with van der Waals surface area (Å²) in [7, 11) is 0. The number of aromatic nitrogens is 1. The highest BCUT2D eigenvalue weighted by Gasteiger charge is 2.16. The summed E-state index contributed by atoms with van der Waals surface area (Å²) >= 11 is 0. The summed E-state index contributed by atoms with van der Waals surface area (Å²) in [5.41, 5.74) is 14.0. The summed E-state index contributed by atoms with van der Waals surface area (Å²) in [4.78, 5) is 2.36. The highest BCUT2D eigenvalue weighted by atomic mass is 15.1. The number of benzene rings is 11. The maximum atomic E-state index is 2.38. The Kier molecular flexibility index (Phi) is 8.53. The lowest BCUT2D eigenvalue weighted by Crippen LogP contribution is -2.09. The van der Waals surface area contributed by atoms with E-state index in [2.05, 4.69) is 252 Å². The van der Waals surface area contributed by atoms with Crippen LogP contribution in [0.1, 0.15) is 0 Å². The van der Waals surface area contributed by atoms with E-state index in [0.717, 1.165) is 22.7 Å². The van der Waals surface area contributed by atoms with Gasteiger partial charge in [-0.2, -0.15) is 0 Å². The zero-order valence-corrected chi connectivity index (χ0v) is 34.0. The molecular formula is C60H40N2. The average molecular weight is 789 g/mol. The Hall–Kier alpha value is -8.20. The predicted molar refractivity (Wildman–Crippen MR) is 264 cm³/mol. The van der Waals surface area contributed by atoms with Crippen LogP contribution < -0.4 is 4.90 Å². The van der Waals surface area contributed by atoms with E-state index in [1.54, 1.807) is 0 Å². The number of anilines is 3. The van der Waals surface area contributed by atoms with Gasteiger partial charge in [0.2, 0.25) is 0 Å². The van der Waals surface area contributed by atoms with Gasteiger partial charge in [-0.15, -0.1) is 0 Å². The monoisotopic (exact) mass is 788 g/mol. The second-order valence-electron chi connectivity index (χ2n) is 16.2. The van der Waals surface area contributed by atoms with Crippen LogP contribution in [0.5, 0.6) is 0 Å². The molecule has 62 heavy (non-hydrogen) atoms. The molecule has 0 radical (unpaired) electrons. The van der Waals surface area contributed by atoms with Gasteiger partial charge in [0.25, 0.3) is 0 Å². The second kappa shape index (κ2) is 14.8. The molecule has 12 aromatic rings. The molecule has 0 bridgehead atoms. The number of hydrogen-bond donors (Lipinski definition) is 0. The van der Waals surface area contributed by atoms with Crippen molar-refractivity contribution in [2.45, 2.75) is 0 Å². The van der Waals surface area contributed by atoms with Gasteiger partial charge in [-0.3, -0.25) is 0 Å². The maximum absolute atomic E-state index is 2.38. The predicted octanol–water partition coefficient (Wildman–Crippen LogP) is 16.7. The minimum Gasteiger partial charge on any atom is -0.311 e. The standard InChI is InChI=1S/C60H40N2/c1-2-13-46-38-50-39-48(23-24-49(50)37-45(46)12-1)42-27-33-52(34-28-42)61(53-35-29-44(30-36-53)56-20-10-14-43-11-3-4-17-55(43)56)51-31-25-41(26-32-51)47-15-9-16-54(40-47)62-59-21-7-5-18-57(59)58-19-6-8-22-60(58)62/h1-40H. The lowest BCUT2D eigenvalue weighted by Gasteiger charge is -2.26. The van der Waals surface area contributed by atoms with Crippen molar-refractivity contribution in [2.75, 3.05) is 4.90 Å². The minimum absolute atomic E-state index is 1.09. The number of fused-ring (bicyclic) bond motifs is 6. The first kappa shape index (κ1) is 35.7. The van der Waals surface area contributed by atoms with Crippen LogP contribution in [-0.4, -0.2) is 4.57 Å². The van der Waals surface area contributed by atoms with Gasteiger partial charge < -0.3 is 9.47 Å². The maximum Gasteiger partial charge on any atom is 0.0541 e. The quantitative estimate of drug-likeness (QED) is 0.146. The zero-order valence-electron chi connectivity index (χ0n) is 34.0. The third kappa shape index (κ3) is 6.20. The molecule has 0 aliphatic heterocycles. The van der Waals surface area contributed by atoms with Gasteiger partial charge >= 0.3 is 0 Å². The lowest BCUT2D eigenvalue weighted by atomic mass is 9.97. The fourth-order valence-corrected chi connectivity index (χ4v) is 9.47. The van der Waals surface area contributed by atoms with Crippen LogP contribution in [0, 0.1) is 0 Å². The Morgan fingerprint density at radius 2 is 0.710 bits per heavy atom. The van der Waals surface area contributed by atoms with Gasteiger partial charge in [-0.25, -0.2) is 0 Å². The van der Waals surface area contributed by atoms with Crippen molar-refractivity contribution in [3.8, 4) is 39.1 Å². The van der Waals surface area contributed by atoms with Crippen molar-refractivity contribution in [1.82, 2.24) is 4.57 Å². The van der Waals surface area contributed by atoms with Crippen molar-refractivity contribution in [2.24, 2.45) is 0 Å². The SMILES string of the molecule is c1cc(-c2ccc(N(c3ccc(-c4ccc5cc6ccccc6cc5c4)cc3)c3ccc(-c4cccc5ccccc45)cc3)cc2)cc(-n2c3ccccc3c3ccccc32)c1. The fraction of sp³-hybridized carbons (Fsp3) is 0. The molecule has 0 saturated heterocycles. The molecule has 290 valence electrons. The number of rotatable bonds is 7. The topological polar surface area (TPSA) is 8.17 Å². The molecule has 0 spiro atoms. The third-order valence-corrected chi connectivity index (χ3v) is 12.5. The van der Waals surface area contributed by atoms with E-state index in [1.807, 2.05) is 0 Å². The smallest absolute Gasteiger partial charge is 0.0541 e. The molecule has 1 aromatic heterocycles. The van der Waals surface area contributed by atoms with Crippen molar-refractivity contribution in [3.05, 3.63) is 243 Å². The molecule has 0 atom stereocenters. The molecule has 0 N–H and O–H groups in total. The largest absolute Gasteiger partial charge is 0.311 e. The average Bonchev–Trinajstić information content (AvgIpc) is 3.68. The van der Waals surface area contributed by atoms with Gasteiger partial charge in [0.05, 0.1) is 11.0 Å². The normalized spacial score (nSPS) is 11.5. The van der Waals surface area contributed by atoms with Gasteiger partial charge in [-0.1, -0.05) is 164 Å². The molecule has 2 heteroatoms. The molecule has 0 amide bonds. The van der Waals surface area contributed by atoms with Crippen LogP contribution in [0.2, 0.25) is 0 Å². The highest BCUT2D eigenvalue weighted by Crippen LogP contribution is 2.40. The molecule has 1 heterocycles. The number of hydrogen-bond acceptors (Lipinski definition) is 1.